The average Bonchev–Trinajstić information content (AvgIpc) is 2.80. The molecule has 1 aromatic carbocycles. The molecular weight excluding hydrogens is 322 g/mol. The number of Topliss-reactive ketones (excluding diaryl/α,β-unsaturated/α-hetero) is 1. The smallest absolute Gasteiger partial charge is 0.352 e. The van der Waals surface area contributed by atoms with Gasteiger partial charge >= 0.3 is 5.97 Å². The van der Waals surface area contributed by atoms with Crippen LogP contribution in [-0.2, 0) is 0 Å². The molecule has 0 unspecified atom stereocenters. The number of hydrogen-bond donors (Lipinski definition) is 1. The Morgan fingerprint density at radius 3 is 2.15 bits per heavy atom. The predicted octanol–water partition coefficient (Wildman–Crippen LogP) is 3.76. The average molecular weight is 336 g/mol. The first-order chi connectivity index (χ1) is 9.31. The molecule has 0 saturated carbocycles. The van der Waals surface area contributed by atoms with Gasteiger partial charge in [-0.15, -0.1) is 0 Å². The number of carbonyl (C=O) groups is 2. The summed E-state index contributed by atoms with van der Waals surface area (Å²) in [6.07, 6.45) is 1.56. The quantitative estimate of drug-likeness (QED) is 0.869. The van der Waals surface area contributed by atoms with E-state index in [-0.39, 0.29) is 11.5 Å². The highest BCUT2D eigenvalue weighted by Crippen LogP contribution is 2.26. The molecule has 0 spiro atoms. The molecule has 0 atom stereocenters. The van der Waals surface area contributed by atoms with Crippen LogP contribution >= 0.6 is 15.9 Å². The number of carboxylic acids is 1. The molecule has 104 valence electrons. The maximum Gasteiger partial charge on any atom is 0.352 e. The van der Waals surface area contributed by atoms with E-state index in [1.54, 1.807) is 6.20 Å². The molecular formula is C15H14BrNO3. The maximum atomic E-state index is 11.4. The van der Waals surface area contributed by atoms with E-state index in [2.05, 4.69) is 15.9 Å². The van der Waals surface area contributed by atoms with Gasteiger partial charge < -0.3 is 9.67 Å². The molecule has 0 aliphatic carbocycles. The van der Waals surface area contributed by atoms with Gasteiger partial charge in [-0.2, -0.15) is 0 Å². The molecule has 0 bridgehead atoms. The molecule has 0 saturated heterocycles. The summed E-state index contributed by atoms with van der Waals surface area (Å²) in [6.45, 7) is 5.30. The largest absolute Gasteiger partial charge is 0.477 e. The van der Waals surface area contributed by atoms with Gasteiger partial charge in [-0.1, -0.05) is 15.9 Å². The minimum atomic E-state index is -1.06. The van der Waals surface area contributed by atoms with E-state index in [0.29, 0.717) is 5.56 Å². The number of carbonyl (C=O) groups excluding carboxylic acids is 1. The third kappa shape index (κ3) is 2.54. The summed E-state index contributed by atoms with van der Waals surface area (Å²) < 4.78 is 2.53. The Balaban J connectivity index is 2.68. The van der Waals surface area contributed by atoms with Crippen LogP contribution in [0, 0.1) is 13.8 Å². The number of aromatic nitrogens is 1. The summed E-state index contributed by atoms with van der Waals surface area (Å²) in [6, 6.07) is 5.16. The molecule has 0 aliphatic rings. The van der Waals surface area contributed by atoms with Crippen molar-refractivity contribution >= 4 is 27.7 Å². The van der Waals surface area contributed by atoms with E-state index in [0.717, 1.165) is 21.3 Å². The van der Waals surface area contributed by atoms with Crippen molar-refractivity contribution in [1.29, 1.82) is 0 Å². The number of nitrogens with zero attached hydrogens (tertiary/aromatic N) is 1. The van der Waals surface area contributed by atoms with Crippen LogP contribution in [0.2, 0.25) is 0 Å². The number of carboxylic acid groups (broad SMARTS) is 1. The standard InChI is InChI=1S/C15H14BrNO3/c1-8-4-12(5-9(2)14(8)16)17-7-11(10(3)18)6-13(17)15(19)20/h4-7H,1-3H3,(H,19,20). The first-order valence-electron chi connectivity index (χ1n) is 6.05. The number of rotatable bonds is 3. The van der Waals surface area contributed by atoms with Crippen LogP contribution < -0.4 is 0 Å². The van der Waals surface area contributed by atoms with Crippen LogP contribution in [0.15, 0.2) is 28.9 Å². The van der Waals surface area contributed by atoms with Crippen molar-refractivity contribution in [3.63, 3.8) is 0 Å². The van der Waals surface area contributed by atoms with Gasteiger partial charge in [0, 0.05) is 21.9 Å². The van der Waals surface area contributed by atoms with Crippen molar-refractivity contribution in [2.24, 2.45) is 0 Å². The Morgan fingerprint density at radius 1 is 1.15 bits per heavy atom. The van der Waals surface area contributed by atoms with E-state index >= 15 is 0 Å². The molecule has 1 aromatic heterocycles. The van der Waals surface area contributed by atoms with Crippen molar-refractivity contribution in [3.05, 3.63) is 51.3 Å². The topological polar surface area (TPSA) is 59.3 Å². The molecule has 0 aliphatic heterocycles. The predicted molar refractivity (Wildman–Crippen MR) is 79.9 cm³/mol. The highest BCUT2D eigenvalue weighted by Gasteiger charge is 2.16. The summed E-state index contributed by atoms with van der Waals surface area (Å²) in [5.74, 6) is -1.22. The molecule has 0 amide bonds. The van der Waals surface area contributed by atoms with Gasteiger partial charge in [0.15, 0.2) is 5.78 Å². The van der Waals surface area contributed by atoms with Crippen molar-refractivity contribution in [2.45, 2.75) is 20.8 Å². The van der Waals surface area contributed by atoms with Gasteiger partial charge in [-0.25, -0.2) is 4.79 Å². The summed E-state index contributed by atoms with van der Waals surface area (Å²) in [7, 11) is 0. The van der Waals surface area contributed by atoms with E-state index in [4.69, 9.17) is 0 Å². The minimum Gasteiger partial charge on any atom is -0.477 e. The van der Waals surface area contributed by atoms with Gasteiger partial charge in [0.05, 0.1) is 0 Å². The van der Waals surface area contributed by atoms with Crippen LogP contribution in [0.1, 0.15) is 38.9 Å². The highest BCUT2D eigenvalue weighted by molar-refractivity contribution is 9.10. The third-order valence-corrected chi connectivity index (χ3v) is 4.40. The lowest BCUT2D eigenvalue weighted by Crippen LogP contribution is -2.06. The van der Waals surface area contributed by atoms with Crippen LogP contribution in [0.5, 0.6) is 0 Å². The van der Waals surface area contributed by atoms with E-state index in [1.807, 2.05) is 26.0 Å². The summed E-state index contributed by atoms with van der Waals surface area (Å²) in [4.78, 5) is 22.8. The lowest BCUT2D eigenvalue weighted by molar-refractivity contribution is 0.0688. The van der Waals surface area contributed by atoms with Crippen LogP contribution in [0.4, 0.5) is 0 Å². The zero-order chi connectivity index (χ0) is 15.0. The van der Waals surface area contributed by atoms with Crippen molar-refractivity contribution in [2.75, 3.05) is 0 Å². The first-order valence-corrected chi connectivity index (χ1v) is 6.84. The van der Waals surface area contributed by atoms with Crippen molar-refractivity contribution in [1.82, 2.24) is 4.57 Å². The Bertz CT molecular complexity index is 693. The zero-order valence-electron chi connectivity index (χ0n) is 11.4. The summed E-state index contributed by atoms with van der Waals surface area (Å²) in [5, 5.41) is 9.27. The third-order valence-electron chi connectivity index (χ3n) is 3.14. The molecule has 1 N–H and O–H groups in total. The molecule has 0 fully saturated rings. The zero-order valence-corrected chi connectivity index (χ0v) is 13.0. The van der Waals surface area contributed by atoms with E-state index < -0.39 is 5.97 Å². The molecule has 2 rings (SSSR count). The highest BCUT2D eigenvalue weighted by atomic mass is 79.9. The number of hydrogen-bond acceptors (Lipinski definition) is 2. The minimum absolute atomic E-state index is 0.0799. The fourth-order valence-corrected chi connectivity index (χ4v) is 2.32. The molecule has 5 heteroatoms. The van der Waals surface area contributed by atoms with Crippen LogP contribution in [0.3, 0.4) is 0 Å². The number of aromatic carboxylic acids is 1. The van der Waals surface area contributed by atoms with Crippen LogP contribution in [-0.4, -0.2) is 21.4 Å². The second-order valence-corrected chi connectivity index (χ2v) is 5.53. The second kappa shape index (κ2) is 5.25. The lowest BCUT2D eigenvalue weighted by Gasteiger charge is -2.10. The molecule has 1 heterocycles. The Morgan fingerprint density at radius 2 is 1.70 bits per heavy atom. The van der Waals surface area contributed by atoms with E-state index in [1.165, 1.54) is 17.6 Å². The molecule has 4 nitrogen and oxygen atoms in total. The van der Waals surface area contributed by atoms with Gasteiger partial charge in [0.25, 0.3) is 0 Å². The second-order valence-electron chi connectivity index (χ2n) is 4.74. The fraction of sp³-hybridized carbons (Fsp3) is 0.200. The normalized spacial score (nSPS) is 10.6. The maximum absolute atomic E-state index is 11.4. The molecule has 2 aromatic rings. The number of ketones is 1. The SMILES string of the molecule is CC(=O)c1cc(C(=O)O)n(-c2cc(C)c(Br)c(C)c2)c1. The van der Waals surface area contributed by atoms with Gasteiger partial charge in [-0.3, -0.25) is 4.79 Å². The van der Waals surface area contributed by atoms with E-state index in [9.17, 15) is 14.7 Å². The fourth-order valence-electron chi connectivity index (χ4n) is 2.10. The first kappa shape index (κ1) is 14.5. The Labute approximate surface area is 125 Å². The molecule has 20 heavy (non-hydrogen) atoms. The van der Waals surface area contributed by atoms with Gasteiger partial charge in [-0.05, 0) is 50.1 Å². The van der Waals surface area contributed by atoms with Crippen molar-refractivity contribution in [3.8, 4) is 5.69 Å². The Kier molecular flexibility index (Phi) is 3.81. The Hall–Kier alpha value is -1.88. The van der Waals surface area contributed by atoms with Crippen LogP contribution in [0.25, 0.3) is 5.69 Å². The van der Waals surface area contributed by atoms with Crippen molar-refractivity contribution < 1.29 is 14.7 Å². The summed E-state index contributed by atoms with van der Waals surface area (Å²) in [5.41, 5.74) is 3.22. The monoisotopic (exact) mass is 335 g/mol. The number of benzene rings is 1. The van der Waals surface area contributed by atoms with Gasteiger partial charge in [0.2, 0.25) is 0 Å². The lowest BCUT2D eigenvalue weighted by atomic mass is 10.1. The number of aryl methyl sites for hydroxylation is 2. The number of halogens is 1. The molecule has 0 radical (unpaired) electrons. The van der Waals surface area contributed by atoms with Gasteiger partial charge in [0.1, 0.15) is 5.69 Å². The summed E-state index contributed by atoms with van der Waals surface area (Å²) >= 11 is 3.48.